The maximum Gasteiger partial charge on any atom is 0.284 e. The van der Waals surface area contributed by atoms with Crippen molar-refractivity contribution in [2.75, 3.05) is 54.9 Å². The number of carbonyl (C=O) groups excluding carboxylic acids is 5. The Labute approximate surface area is 373 Å². The minimum atomic E-state index is -2.86. The number of ether oxygens (including phenoxy) is 1. The Morgan fingerprint density at radius 2 is 1.75 bits per heavy atom. The molecular weight excluding hydrogens is 839 g/mol. The van der Waals surface area contributed by atoms with Crippen molar-refractivity contribution in [2.45, 2.75) is 101 Å². The van der Waals surface area contributed by atoms with E-state index in [2.05, 4.69) is 35.8 Å². The third-order valence-corrected chi connectivity index (χ3v) is 15.3. The number of rotatable bonds is 11. The molecule has 2 aliphatic carbocycles. The maximum atomic E-state index is 14.4. The normalized spacial score (nSPS) is 26.6. The second-order valence-electron chi connectivity index (χ2n) is 19.4. The first-order valence-electron chi connectivity index (χ1n) is 23.1. The minimum absolute atomic E-state index is 0.00652. The van der Waals surface area contributed by atoms with Gasteiger partial charge in [0.15, 0.2) is 5.69 Å². The number of amides is 5. The van der Waals surface area contributed by atoms with Gasteiger partial charge in [-0.3, -0.25) is 43.9 Å². The van der Waals surface area contributed by atoms with E-state index in [1.165, 1.54) is 6.20 Å². The molecule has 1 aromatic carbocycles. The van der Waals surface area contributed by atoms with Crippen LogP contribution >= 0.6 is 0 Å². The SMILES string of the molecule is O=C1CCC(N2C(=O)c3cccc(NCC4CC5(CCN(CC6CCC(n7cc(NC(=O)c8ccnc9ccc(N%10CC%11C[C@@H]%10CO%11)nc89)c(C(F)F)n7)CC6)CC5)C4)c3C2=O)C(=O)N1. The summed E-state index contributed by atoms with van der Waals surface area (Å²) in [6.07, 6.45) is 9.58. The van der Waals surface area contributed by atoms with Gasteiger partial charge < -0.3 is 25.2 Å². The van der Waals surface area contributed by atoms with Crippen LogP contribution in [0.1, 0.15) is 120 Å². The van der Waals surface area contributed by atoms with E-state index in [4.69, 9.17) is 9.72 Å². The first kappa shape index (κ1) is 41.8. The number of hydrogen-bond donors (Lipinski definition) is 3. The first-order valence-corrected chi connectivity index (χ1v) is 23.1. The third kappa shape index (κ3) is 7.71. The largest absolute Gasteiger partial charge is 0.384 e. The van der Waals surface area contributed by atoms with Gasteiger partial charge in [-0.25, -0.2) is 13.8 Å². The number of anilines is 3. The van der Waals surface area contributed by atoms with E-state index in [1.54, 1.807) is 35.1 Å². The van der Waals surface area contributed by atoms with E-state index in [0.29, 0.717) is 47.1 Å². The molecule has 5 amide bonds. The summed E-state index contributed by atoms with van der Waals surface area (Å²) >= 11 is 0. The summed E-state index contributed by atoms with van der Waals surface area (Å²) < 4.78 is 36.2. The molecule has 4 aromatic rings. The Hall–Kier alpha value is -5.88. The lowest BCUT2D eigenvalue weighted by Crippen LogP contribution is -2.54. The Bertz CT molecular complexity index is 2580. The Kier molecular flexibility index (Phi) is 10.6. The van der Waals surface area contributed by atoms with Gasteiger partial charge >= 0.3 is 0 Å². The highest BCUT2D eigenvalue weighted by Crippen LogP contribution is 2.53. The van der Waals surface area contributed by atoms with Crippen molar-refractivity contribution < 1.29 is 37.5 Å². The van der Waals surface area contributed by atoms with E-state index >= 15 is 0 Å². The molecule has 0 radical (unpaired) electrons. The summed E-state index contributed by atoms with van der Waals surface area (Å²) in [5, 5.41) is 12.8. The summed E-state index contributed by atoms with van der Waals surface area (Å²) in [6.45, 7) is 5.16. The predicted octanol–water partition coefficient (Wildman–Crippen LogP) is 5.73. The lowest BCUT2D eigenvalue weighted by molar-refractivity contribution is -0.136. The van der Waals surface area contributed by atoms with Gasteiger partial charge in [0.1, 0.15) is 17.4 Å². The highest BCUT2D eigenvalue weighted by atomic mass is 19.3. The Balaban J connectivity index is 0.651. The molecule has 16 nitrogen and oxygen atoms in total. The van der Waals surface area contributed by atoms with Crippen LogP contribution in [-0.2, 0) is 14.3 Å². The molecule has 340 valence electrons. The van der Waals surface area contributed by atoms with Gasteiger partial charge in [-0.05, 0) is 125 Å². The second-order valence-corrected chi connectivity index (χ2v) is 19.4. The summed E-state index contributed by atoms with van der Waals surface area (Å²) in [6, 6.07) is 9.68. The Morgan fingerprint density at radius 1 is 0.938 bits per heavy atom. The number of morpholine rings is 1. The number of carbonyl (C=O) groups is 5. The lowest BCUT2D eigenvalue weighted by Gasteiger charge is -2.53. The summed E-state index contributed by atoms with van der Waals surface area (Å²) in [7, 11) is 0. The van der Waals surface area contributed by atoms with Crippen molar-refractivity contribution in [1.82, 2.24) is 34.9 Å². The number of likely N-dealkylation sites (tertiary alicyclic amines) is 1. The summed E-state index contributed by atoms with van der Waals surface area (Å²) in [5.41, 5.74) is 2.26. The van der Waals surface area contributed by atoms with Gasteiger partial charge in [-0.2, -0.15) is 5.10 Å². The zero-order valence-electron chi connectivity index (χ0n) is 36.0. The quantitative estimate of drug-likeness (QED) is 0.156. The number of alkyl halides is 2. The van der Waals surface area contributed by atoms with Gasteiger partial charge in [0.05, 0.1) is 52.7 Å². The van der Waals surface area contributed by atoms with Gasteiger partial charge in [0.2, 0.25) is 11.8 Å². The van der Waals surface area contributed by atoms with Gasteiger partial charge in [-0.1, -0.05) is 6.07 Å². The molecule has 6 fully saturated rings. The van der Waals surface area contributed by atoms with Crippen molar-refractivity contribution in [3.05, 3.63) is 71.2 Å². The molecule has 2 bridgehead atoms. The third-order valence-electron chi connectivity index (χ3n) is 15.3. The molecule has 1 spiro atoms. The van der Waals surface area contributed by atoms with Crippen LogP contribution in [-0.4, -0.2) is 117 Å². The number of imide groups is 2. The summed E-state index contributed by atoms with van der Waals surface area (Å²) in [4.78, 5) is 79.7. The van der Waals surface area contributed by atoms with Crippen LogP contribution in [0.2, 0.25) is 0 Å². The number of hydrogen-bond acceptors (Lipinski definition) is 12. The first-order chi connectivity index (χ1) is 31.5. The predicted molar refractivity (Wildman–Crippen MR) is 234 cm³/mol. The number of aromatic nitrogens is 4. The average Bonchev–Trinajstić information content (AvgIpc) is 4.10. The lowest BCUT2D eigenvalue weighted by atomic mass is 9.57. The number of piperidine rings is 2. The summed E-state index contributed by atoms with van der Waals surface area (Å²) in [5.74, 6) is -0.877. The minimum Gasteiger partial charge on any atom is -0.384 e. The molecule has 2 unspecified atom stereocenters. The van der Waals surface area contributed by atoms with Crippen molar-refractivity contribution in [1.29, 1.82) is 0 Å². The van der Waals surface area contributed by atoms with Gasteiger partial charge in [-0.15, -0.1) is 0 Å². The molecule has 2 saturated carbocycles. The molecule has 18 heteroatoms. The molecule has 7 aliphatic rings. The number of pyridine rings is 2. The number of nitrogens with zero attached hydrogens (tertiary/aromatic N) is 7. The van der Waals surface area contributed by atoms with Crippen LogP contribution in [0.5, 0.6) is 0 Å². The standard InChI is InChI=1S/C47H52F2N10O6/c48-42(49)41-35(52-43(61)32-12-15-50-34-8-10-37(53-40(32)34)57-23-30-18-29(57)25-65-30)24-58(55-41)28-6-4-26(5-7-28)22-56-16-13-47(14-17-56)19-27(20-47)21-51-33-3-1-2-31-39(33)46(64)59(45(31)63)36-9-11-38(60)54-44(36)62/h1-3,8,10,12,15,24,26-30,36,42,51H,4-7,9,11,13-14,16-23,25H2,(H,52,61)(H,54,60,62)/t26?,28?,29-,30?,36?/m1/s1. The number of benzene rings is 1. The fraction of sp³-hybridized carbons (Fsp3) is 0.532. The molecule has 4 saturated heterocycles. The molecule has 8 heterocycles. The number of nitrogens with one attached hydrogen (secondary N) is 3. The van der Waals surface area contributed by atoms with E-state index in [9.17, 15) is 32.8 Å². The fourth-order valence-corrected chi connectivity index (χ4v) is 11.9. The van der Waals surface area contributed by atoms with Crippen LogP contribution in [0.25, 0.3) is 11.0 Å². The monoisotopic (exact) mass is 890 g/mol. The molecule has 3 aromatic heterocycles. The van der Waals surface area contributed by atoms with Crippen molar-refractivity contribution >= 4 is 57.8 Å². The van der Waals surface area contributed by atoms with Crippen molar-refractivity contribution in [2.24, 2.45) is 17.3 Å². The highest BCUT2D eigenvalue weighted by Gasteiger charge is 2.48. The molecule has 65 heavy (non-hydrogen) atoms. The fourth-order valence-electron chi connectivity index (χ4n) is 11.9. The van der Waals surface area contributed by atoms with Crippen LogP contribution in [0.4, 0.5) is 26.0 Å². The van der Waals surface area contributed by atoms with Gasteiger partial charge in [0.25, 0.3) is 24.1 Å². The maximum absolute atomic E-state index is 14.4. The van der Waals surface area contributed by atoms with Crippen LogP contribution in [0.15, 0.2) is 48.8 Å². The van der Waals surface area contributed by atoms with Crippen molar-refractivity contribution in [3.8, 4) is 0 Å². The molecule has 3 N–H and O–H groups in total. The number of fused-ring (bicyclic) bond motifs is 4. The van der Waals surface area contributed by atoms with Crippen LogP contribution in [0.3, 0.4) is 0 Å². The zero-order chi connectivity index (χ0) is 44.6. The van der Waals surface area contributed by atoms with Gasteiger partial charge in [0, 0.05) is 44.1 Å². The van der Waals surface area contributed by atoms with E-state index in [0.717, 1.165) is 94.7 Å². The smallest absolute Gasteiger partial charge is 0.284 e. The van der Waals surface area contributed by atoms with E-state index < -0.39 is 47.7 Å². The van der Waals surface area contributed by atoms with E-state index in [-0.39, 0.29) is 53.4 Å². The van der Waals surface area contributed by atoms with E-state index in [1.807, 2.05) is 12.1 Å². The molecule has 11 rings (SSSR count). The zero-order valence-corrected chi connectivity index (χ0v) is 36.0. The van der Waals surface area contributed by atoms with Crippen LogP contribution < -0.4 is 20.9 Å². The average molecular weight is 891 g/mol. The van der Waals surface area contributed by atoms with Crippen molar-refractivity contribution in [3.63, 3.8) is 0 Å². The topological polar surface area (TPSA) is 184 Å². The Morgan fingerprint density at radius 3 is 2.49 bits per heavy atom. The molecular formula is C47H52F2N10O6. The molecule has 3 atom stereocenters. The molecule has 5 aliphatic heterocycles. The van der Waals surface area contributed by atoms with Crippen LogP contribution in [0, 0.1) is 17.3 Å². The second kappa shape index (κ2) is 16.5. The number of halogens is 2. The highest BCUT2D eigenvalue weighted by molar-refractivity contribution is 6.25.